The number of hydrogen-bond acceptors (Lipinski definition) is 4. The number of carbonyl (C=O) groups is 2. The van der Waals surface area contributed by atoms with E-state index in [0.29, 0.717) is 12.8 Å². The third-order valence-corrected chi connectivity index (χ3v) is 4.35. The normalized spacial score (nSPS) is 19.9. The molecule has 0 radical (unpaired) electrons. The fourth-order valence-corrected chi connectivity index (χ4v) is 2.98. The predicted octanol–water partition coefficient (Wildman–Crippen LogP) is 2.30. The van der Waals surface area contributed by atoms with Gasteiger partial charge in [0.05, 0.1) is 5.54 Å². The monoisotopic (exact) mass is 301 g/mol. The van der Waals surface area contributed by atoms with Gasteiger partial charge in [-0.3, -0.25) is 0 Å². The molecule has 6 nitrogen and oxygen atoms in total. The van der Waals surface area contributed by atoms with Crippen molar-refractivity contribution in [1.82, 2.24) is 5.32 Å². The van der Waals surface area contributed by atoms with E-state index in [9.17, 15) is 14.7 Å². The van der Waals surface area contributed by atoms with Crippen LogP contribution in [0.5, 0.6) is 0 Å². The number of carboxylic acid groups (broad SMARTS) is 1. The number of carbonyl (C=O) groups excluding carboxylic acids is 1. The molecule has 1 rings (SSSR count). The smallest absolute Gasteiger partial charge is 0.408 e. The molecule has 0 aromatic rings. The zero-order chi connectivity index (χ0) is 16.5. The van der Waals surface area contributed by atoms with E-state index >= 15 is 0 Å². The second-order valence-electron chi connectivity index (χ2n) is 7.38. The van der Waals surface area contributed by atoms with E-state index in [1.165, 1.54) is 0 Å². The topological polar surface area (TPSA) is 95.9 Å². The lowest BCUT2D eigenvalue weighted by atomic mass is 9.67. The molecule has 1 atom stereocenters. The van der Waals surface area contributed by atoms with Crippen molar-refractivity contribution in [3.8, 4) is 0 Å². The molecule has 0 heterocycles. The molecule has 1 aliphatic carbocycles. The number of ether oxygens (including phenoxy) is 1. The Kier molecular flexibility index (Phi) is 4.93. The minimum absolute atomic E-state index is 0.574. The van der Waals surface area contributed by atoms with Crippen molar-refractivity contribution >= 4 is 12.1 Å². The van der Waals surface area contributed by atoms with Crippen LogP contribution in [0.25, 0.3) is 0 Å². The third-order valence-electron chi connectivity index (χ3n) is 4.35. The summed E-state index contributed by atoms with van der Waals surface area (Å²) in [6, 6.07) is 0. The largest absolute Gasteiger partial charge is 0.479 e. The summed E-state index contributed by atoms with van der Waals surface area (Å²) < 4.78 is 5.28. The summed E-state index contributed by atoms with van der Waals surface area (Å²) in [4.78, 5) is 23.3. The zero-order valence-electron chi connectivity index (χ0n) is 13.5. The minimum Gasteiger partial charge on any atom is -0.479 e. The maximum atomic E-state index is 12.1. The quantitative estimate of drug-likeness (QED) is 0.740. The fourth-order valence-electron chi connectivity index (χ4n) is 2.98. The second-order valence-corrected chi connectivity index (χ2v) is 7.38. The Morgan fingerprint density at radius 3 is 2.00 bits per heavy atom. The molecule has 1 aliphatic rings. The van der Waals surface area contributed by atoms with Gasteiger partial charge in [-0.1, -0.05) is 26.7 Å². The van der Waals surface area contributed by atoms with Gasteiger partial charge in [-0.15, -0.1) is 0 Å². The van der Waals surface area contributed by atoms with Crippen molar-refractivity contribution in [1.29, 1.82) is 0 Å². The number of alkyl carbamates (subject to hydrolysis) is 1. The number of carboxylic acids is 1. The highest BCUT2D eigenvalue weighted by atomic mass is 16.6. The maximum absolute atomic E-state index is 12.1. The average Bonchev–Trinajstić information content (AvgIpc) is 2.75. The van der Waals surface area contributed by atoms with Gasteiger partial charge in [0.2, 0.25) is 0 Å². The van der Waals surface area contributed by atoms with E-state index in [1.807, 2.05) is 0 Å². The standard InChI is InChI=1S/C15H27NO5/c1-13(2,3)21-12(20)16-15(8-6-7-9-15)14(4,5)10(17)11(18)19/h10,17H,6-9H2,1-5H3,(H,16,20)(H,18,19). The highest BCUT2D eigenvalue weighted by molar-refractivity contribution is 5.74. The summed E-state index contributed by atoms with van der Waals surface area (Å²) in [5.74, 6) is -1.28. The number of aliphatic hydroxyl groups is 1. The van der Waals surface area contributed by atoms with Crippen LogP contribution in [0.2, 0.25) is 0 Å². The highest BCUT2D eigenvalue weighted by Crippen LogP contribution is 2.46. The third kappa shape index (κ3) is 3.87. The van der Waals surface area contributed by atoms with Crippen LogP contribution in [0, 0.1) is 5.41 Å². The first-order valence-electron chi connectivity index (χ1n) is 7.33. The molecule has 1 amide bonds. The van der Waals surface area contributed by atoms with Gasteiger partial charge in [0.25, 0.3) is 0 Å². The van der Waals surface area contributed by atoms with E-state index in [0.717, 1.165) is 12.8 Å². The molecular weight excluding hydrogens is 274 g/mol. The van der Waals surface area contributed by atoms with E-state index in [1.54, 1.807) is 34.6 Å². The molecule has 0 bridgehead atoms. The van der Waals surface area contributed by atoms with Gasteiger partial charge in [0.1, 0.15) is 5.60 Å². The number of rotatable bonds is 4. The summed E-state index contributed by atoms with van der Waals surface area (Å²) in [7, 11) is 0. The van der Waals surface area contributed by atoms with Crippen LogP contribution in [0.4, 0.5) is 4.79 Å². The molecule has 1 saturated carbocycles. The summed E-state index contributed by atoms with van der Waals surface area (Å²) in [6.45, 7) is 8.66. The molecule has 0 aromatic heterocycles. The van der Waals surface area contributed by atoms with Gasteiger partial charge in [-0.2, -0.15) is 0 Å². The molecule has 0 aliphatic heterocycles. The second kappa shape index (κ2) is 5.83. The molecule has 122 valence electrons. The lowest BCUT2D eigenvalue weighted by Crippen LogP contribution is -2.62. The summed E-state index contributed by atoms with van der Waals surface area (Å²) in [6.07, 6.45) is 0.894. The van der Waals surface area contributed by atoms with E-state index < -0.39 is 34.7 Å². The first-order valence-corrected chi connectivity index (χ1v) is 7.33. The molecule has 21 heavy (non-hydrogen) atoms. The molecule has 0 spiro atoms. The Labute approximate surface area is 125 Å². The van der Waals surface area contributed by atoms with Gasteiger partial charge < -0.3 is 20.3 Å². The van der Waals surface area contributed by atoms with Crippen LogP contribution in [0.1, 0.15) is 60.3 Å². The van der Waals surface area contributed by atoms with Crippen molar-refractivity contribution in [3.63, 3.8) is 0 Å². The Bertz CT molecular complexity index is 405. The summed E-state index contributed by atoms with van der Waals surface area (Å²) in [5, 5.41) is 22.0. The number of nitrogens with one attached hydrogen (secondary N) is 1. The molecule has 1 unspecified atom stereocenters. The van der Waals surface area contributed by atoms with Crippen molar-refractivity contribution in [2.24, 2.45) is 5.41 Å². The van der Waals surface area contributed by atoms with Crippen LogP contribution < -0.4 is 5.32 Å². The zero-order valence-corrected chi connectivity index (χ0v) is 13.5. The predicted molar refractivity (Wildman–Crippen MR) is 78.0 cm³/mol. The Hall–Kier alpha value is -1.30. The number of amides is 1. The lowest BCUT2D eigenvalue weighted by Gasteiger charge is -2.46. The molecule has 6 heteroatoms. The molecule has 0 saturated heterocycles. The van der Waals surface area contributed by atoms with Gasteiger partial charge >= 0.3 is 12.1 Å². The molecule has 0 aromatic carbocycles. The maximum Gasteiger partial charge on any atom is 0.408 e. The van der Waals surface area contributed by atoms with Gasteiger partial charge in [0, 0.05) is 5.41 Å². The van der Waals surface area contributed by atoms with Crippen molar-refractivity contribution in [2.45, 2.75) is 77.5 Å². The van der Waals surface area contributed by atoms with Crippen molar-refractivity contribution in [2.75, 3.05) is 0 Å². The Balaban J connectivity index is 2.99. The first-order chi connectivity index (χ1) is 9.41. The SMILES string of the molecule is CC(C)(C)OC(=O)NC1(C(C)(C)C(O)C(=O)O)CCCC1. The minimum atomic E-state index is -1.55. The van der Waals surface area contributed by atoms with Gasteiger partial charge in [-0.25, -0.2) is 9.59 Å². The molecular formula is C15H27NO5. The molecule has 3 N–H and O–H groups in total. The van der Waals surface area contributed by atoms with Gasteiger partial charge in [-0.05, 0) is 33.6 Å². The number of hydrogen-bond donors (Lipinski definition) is 3. The number of aliphatic carboxylic acids is 1. The van der Waals surface area contributed by atoms with Crippen LogP contribution in [-0.4, -0.2) is 39.5 Å². The van der Waals surface area contributed by atoms with Crippen LogP contribution in [0.3, 0.4) is 0 Å². The van der Waals surface area contributed by atoms with Gasteiger partial charge in [0.15, 0.2) is 6.10 Å². The van der Waals surface area contributed by atoms with Crippen molar-refractivity contribution < 1.29 is 24.5 Å². The van der Waals surface area contributed by atoms with E-state index in [4.69, 9.17) is 9.84 Å². The summed E-state index contributed by atoms with van der Waals surface area (Å²) >= 11 is 0. The van der Waals surface area contributed by atoms with Crippen LogP contribution in [0.15, 0.2) is 0 Å². The van der Waals surface area contributed by atoms with Crippen LogP contribution in [-0.2, 0) is 9.53 Å². The van der Waals surface area contributed by atoms with Crippen molar-refractivity contribution in [3.05, 3.63) is 0 Å². The Morgan fingerprint density at radius 1 is 1.14 bits per heavy atom. The van der Waals surface area contributed by atoms with Crippen LogP contribution >= 0.6 is 0 Å². The highest BCUT2D eigenvalue weighted by Gasteiger charge is 2.54. The van der Waals surface area contributed by atoms with E-state index in [-0.39, 0.29) is 0 Å². The first kappa shape index (κ1) is 17.8. The number of aliphatic hydroxyl groups excluding tert-OH is 1. The summed E-state index contributed by atoms with van der Waals surface area (Å²) in [5.41, 5.74) is -2.39. The van der Waals surface area contributed by atoms with E-state index in [2.05, 4.69) is 5.32 Å². The molecule has 1 fully saturated rings. The average molecular weight is 301 g/mol. The Morgan fingerprint density at radius 2 is 1.62 bits per heavy atom. The lowest BCUT2D eigenvalue weighted by molar-refractivity contribution is -0.157. The fraction of sp³-hybridized carbons (Fsp3) is 0.867.